The summed E-state index contributed by atoms with van der Waals surface area (Å²) in [6.07, 6.45) is 0. The van der Waals surface area contributed by atoms with Gasteiger partial charge in [0.1, 0.15) is 11.6 Å². The topological polar surface area (TPSA) is 55.1 Å². The zero-order chi connectivity index (χ0) is 12.4. The Bertz CT molecular complexity index is 568. The summed E-state index contributed by atoms with van der Waals surface area (Å²) < 4.78 is 18.1. The van der Waals surface area contributed by atoms with Gasteiger partial charge in [-0.05, 0) is 35.0 Å². The molecule has 0 spiro atoms. The number of rotatable bonds is 2. The molecule has 1 heterocycles. The zero-order valence-electron chi connectivity index (χ0n) is 8.83. The van der Waals surface area contributed by atoms with Crippen LogP contribution < -0.4 is 5.32 Å². The molecule has 1 N–H and O–H groups in total. The first-order valence-corrected chi connectivity index (χ1v) is 5.56. The highest BCUT2D eigenvalue weighted by Crippen LogP contribution is 2.21. The van der Waals surface area contributed by atoms with Crippen LogP contribution in [0.25, 0.3) is 0 Å². The summed E-state index contributed by atoms with van der Waals surface area (Å²) in [5, 5.41) is 6.12. The highest BCUT2D eigenvalue weighted by Gasteiger charge is 2.14. The minimum atomic E-state index is -0.492. The molecule has 1 aromatic carbocycles. The molecule has 0 aliphatic carbocycles. The molecule has 0 bridgehead atoms. The van der Waals surface area contributed by atoms with Crippen LogP contribution in [0, 0.1) is 12.7 Å². The number of nitrogens with one attached hydrogen (secondary N) is 1. The molecule has 0 radical (unpaired) electrons. The number of aromatic nitrogens is 1. The van der Waals surface area contributed by atoms with Crippen molar-refractivity contribution < 1.29 is 13.7 Å². The van der Waals surface area contributed by atoms with Crippen LogP contribution in [-0.4, -0.2) is 11.1 Å². The maximum Gasteiger partial charge on any atom is 0.258 e. The van der Waals surface area contributed by atoms with E-state index in [1.807, 2.05) is 0 Å². The number of nitrogens with zero attached hydrogens (tertiary/aromatic N) is 1. The highest BCUT2D eigenvalue weighted by molar-refractivity contribution is 9.10. The number of anilines is 1. The lowest BCUT2D eigenvalue weighted by molar-refractivity contribution is 0.102. The van der Waals surface area contributed by atoms with Gasteiger partial charge in [-0.15, -0.1) is 0 Å². The molecule has 2 aromatic rings. The maximum absolute atomic E-state index is 13.2. The number of aryl methyl sites for hydroxylation is 1. The largest absolute Gasteiger partial charge is 0.360 e. The second kappa shape index (κ2) is 4.67. The number of amides is 1. The smallest absolute Gasteiger partial charge is 0.258 e. The summed E-state index contributed by atoms with van der Waals surface area (Å²) >= 11 is 3.02. The van der Waals surface area contributed by atoms with Crippen LogP contribution in [-0.2, 0) is 0 Å². The molecule has 6 heteroatoms. The fraction of sp³-hybridized carbons (Fsp3) is 0.0909. The molecule has 1 amide bonds. The maximum atomic E-state index is 13.2. The second-order valence-corrected chi connectivity index (χ2v) is 4.17. The van der Waals surface area contributed by atoms with Gasteiger partial charge in [-0.2, -0.15) is 0 Å². The van der Waals surface area contributed by atoms with Gasteiger partial charge in [0, 0.05) is 6.07 Å². The van der Waals surface area contributed by atoms with Gasteiger partial charge in [0.25, 0.3) is 5.91 Å². The van der Waals surface area contributed by atoms with Crippen LogP contribution in [0.4, 0.5) is 10.2 Å². The number of hydrogen-bond donors (Lipinski definition) is 1. The lowest BCUT2D eigenvalue weighted by Gasteiger charge is -2.04. The molecule has 0 aliphatic heterocycles. The van der Waals surface area contributed by atoms with Gasteiger partial charge in [0.15, 0.2) is 5.82 Å². The molecule has 0 aliphatic rings. The van der Waals surface area contributed by atoms with Crippen molar-refractivity contribution in [1.29, 1.82) is 0 Å². The standard InChI is InChI=1S/C11H8BrFN2O2/c1-6-5-9(15-17-6)14-11(16)7-3-2-4-8(13)10(7)12/h2-5H,1H3,(H,14,15,16). The van der Waals surface area contributed by atoms with Gasteiger partial charge in [-0.25, -0.2) is 4.39 Å². The van der Waals surface area contributed by atoms with E-state index in [0.717, 1.165) is 0 Å². The molecule has 0 fully saturated rings. The Balaban J connectivity index is 2.23. The van der Waals surface area contributed by atoms with Crippen LogP contribution in [0.3, 0.4) is 0 Å². The monoisotopic (exact) mass is 298 g/mol. The first-order chi connectivity index (χ1) is 8.08. The van der Waals surface area contributed by atoms with Gasteiger partial charge < -0.3 is 9.84 Å². The first kappa shape index (κ1) is 11.8. The highest BCUT2D eigenvalue weighted by atomic mass is 79.9. The molecular weight excluding hydrogens is 291 g/mol. The van der Waals surface area contributed by atoms with Gasteiger partial charge >= 0.3 is 0 Å². The van der Waals surface area contributed by atoms with E-state index in [0.29, 0.717) is 11.6 Å². The predicted octanol–water partition coefficient (Wildman–Crippen LogP) is 3.14. The Labute approximate surface area is 105 Å². The second-order valence-electron chi connectivity index (χ2n) is 3.38. The van der Waals surface area contributed by atoms with E-state index in [2.05, 4.69) is 26.4 Å². The Morgan fingerprint density at radius 3 is 2.94 bits per heavy atom. The Hall–Kier alpha value is -1.69. The van der Waals surface area contributed by atoms with Crippen LogP contribution in [0.2, 0.25) is 0 Å². The molecule has 4 nitrogen and oxygen atoms in total. The summed E-state index contributed by atoms with van der Waals surface area (Å²) in [6.45, 7) is 1.71. The Morgan fingerprint density at radius 1 is 1.53 bits per heavy atom. The van der Waals surface area contributed by atoms with Crippen molar-refractivity contribution in [2.75, 3.05) is 5.32 Å². The van der Waals surface area contributed by atoms with Crippen molar-refractivity contribution in [3.63, 3.8) is 0 Å². The minimum absolute atomic E-state index is 0.123. The average molecular weight is 299 g/mol. The molecule has 2 rings (SSSR count). The van der Waals surface area contributed by atoms with E-state index in [-0.39, 0.29) is 10.0 Å². The number of carbonyl (C=O) groups is 1. The quantitative estimate of drug-likeness (QED) is 0.927. The van der Waals surface area contributed by atoms with Crippen molar-refractivity contribution in [3.8, 4) is 0 Å². The number of benzene rings is 1. The molecule has 88 valence electrons. The van der Waals surface area contributed by atoms with Crippen molar-refractivity contribution in [2.45, 2.75) is 6.92 Å². The summed E-state index contributed by atoms with van der Waals surface area (Å²) in [5.74, 6) is -0.0686. The van der Waals surface area contributed by atoms with E-state index >= 15 is 0 Å². The lowest BCUT2D eigenvalue weighted by Crippen LogP contribution is -2.13. The summed E-state index contributed by atoms with van der Waals surface area (Å²) in [7, 11) is 0. The van der Waals surface area contributed by atoms with Crippen LogP contribution in [0.1, 0.15) is 16.1 Å². The van der Waals surface area contributed by atoms with E-state index in [4.69, 9.17) is 4.52 Å². The van der Waals surface area contributed by atoms with Gasteiger partial charge in [-0.3, -0.25) is 4.79 Å². The Morgan fingerprint density at radius 2 is 2.29 bits per heavy atom. The van der Waals surface area contributed by atoms with Gasteiger partial charge in [0.2, 0.25) is 0 Å². The third-order valence-electron chi connectivity index (χ3n) is 2.07. The molecule has 17 heavy (non-hydrogen) atoms. The molecule has 0 saturated carbocycles. The SMILES string of the molecule is Cc1cc(NC(=O)c2cccc(F)c2Br)no1. The molecular formula is C11H8BrFN2O2. The van der Waals surface area contributed by atoms with Gasteiger partial charge in [0.05, 0.1) is 10.0 Å². The van der Waals surface area contributed by atoms with Crippen molar-refractivity contribution in [2.24, 2.45) is 0 Å². The van der Waals surface area contributed by atoms with Crippen molar-refractivity contribution >= 4 is 27.7 Å². The lowest BCUT2D eigenvalue weighted by atomic mass is 10.2. The van der Waals surface area contributed by atoms with E-state index in [9.17, 15) is 9.18 Å². The van der Waals surface area contributed by atoms with Crippen LogP contribution >= 0.6 is 15.9 Å². The Kier molecular flexibility index (Phi) is 3.23. The molecule has 0 saturated heterocycles. The third-order valence-corrected chi connectivity index (χ3v) is 2.87. The number of carbonyl (C=O) groups excluding carboxylic acids is 1. The summed E-state index contributed by atoms with van der Waals surface area (Å²) in [5.41, 5.74) is 0.200. The summed E-state index contributed by atoms with van der Waals surface area (Å²) in [4.78, 5) is 11.8. The molecule has 0 atom stereocenters. The third kappa shape index (κ3) is 2.52. The minimum Gasteiger partial charge on any atom is -0.360 e. The van der Waals surface area contributed by atoms with Crippen molar-refractivity contribution in [1.82, 2.24) is 5.16 Å². The van der Waals surface area contributed by atoms with Gasteiger partial charge in [-0.1, -0.05) is 11.2 Å². The average Bonchev–Trinajstić information content (AvgIpc) is 2.68. The molecule has 1 aromatic heterocycles. The molecule has 0 unspecified atom stereocenters. The number of halogens is 2. The fourth-order valence-corrected chi connectivity index (χ4v) is 1.73. The van der Waals surface area contributed by atoms with Crippen LogP contribution in [0.15, 0.2) is 33.3 Å². The fourth-order valence-electron chi connectivity index (χ4n) is 1.29. The van der Waals surface area contributed by atoms with E-state index < -0.39 is 11.7 Å². The zero-order valence-corrected chi connectivity index (χ0v) is 10.4. The normalized spacial score (nSPS) is 10.3. The van der Waals surface area contributed by atoms with Crippen molar-refractivity contribution in [3.05, 3.63) is 45.9 Å². The van der Waals surface area contributed by atoms with E-state index in [1.54, 1.807) is 13.0 Å². The first-order valence-electron chi connectivity index (χ1n) is 4.76. The van der Waals surface area contributed by atoms with E-state index in [1.165, 1.54) is 18.2 Å². The summed E-state index contributed by atoms with van der Waals surface area (Å²) in [6, 6.07) is 5.81. The number of hydrogen-bond acceptors (Lipinski definition) is 3. The predicted molar refractivity (Wildman–Crippen MR) is 63.3 cm³/mol. The van der Waals surface area contributed by atoms with Crippen LogP contribution in [0.5, 0.6) is 0 Å².